The van der Waals surface area contributed by atoms with Gasteiger partial charge in [-0.25, -0.2) is 0 Å². The van der Waals surface area contributed by atoms with Crippen LogP contribution in [0.4, 0.5) is 5.69 Å². The Morgan fingerprint density at radius 2 is 1.90 bits per heavy atom. The van der Waals surface area contributed by atoms with Gasteiger partial charge in [0.25, 0.3) is 0 Å². The summed E-state index contributed by atoms with van der Waals surface area (Å²) < 4.78 is 9.86. The molecule has 0 heterocycles. The Kier molecular flexibility index (Phi) is 6.52. The molecule has 6 heteroatoms. The predicted octanol–water partition coefficient (Wildman–Crippen LogP) is 1.17. The van der Waals surface area contributed by atoms with Gasteiger partial charge in [-0.05, 0) is 38.1 Å². The van der Waals surface area contributed by atoms with E-state index < -0.39 is 6.04 Å². The van der Waals surface area contributed by atoms with Crippen LogP contribution in [0.3, 0.4) is 0 Å². The molecule has 2 N–H and O–H groups in total. The van der Waals surface area contributed by atoms with E-state index >= 15 is 0 Å². The van der Waals surface area contributed by atoms with E-state index in [1.54, 1.807) is 45.2 Å². The van der Waals surface area contributed by atoms with Crippen LogP contribution in [-0.4, -0.2) is 38.2 Å². The number of rotatable bonds is 7. The summed E-state index contributed by atoms with van der Waals surface area (Å²) in [5.41, 5.74) is 0.668. The molecule has 1 atom stereocenters. The molecule has 1 aromatic carbocycles. The van der Waals surface area contributed by atoms with Crippen LogP contribution in [0.25, 0.3) is 0 Å². The number of benzene rings is 1. The molecular weight excluding hydrogens is 260 g/mol. The lowest BCUT2D eigenvalue weighted by Gasteiger charge is -2.12. The first-order chi connectivity index (χ1) is 9.56. The quantitative estimate of drug-likeness (QED) is 0.733. The highest BCUT2D eigenvalue weighted by molar-refractivity contribution is 5.92. The van der Waals surface area contributed by atoms with Crippen LogP contribution in [0.15, 0.2) is 24.3 Å². The van der Waals surface area contributed by atoms with Gasteiger partial charge in [-0.15, -0.1) is 0 Å². The lowest BCUT2D eigenvalue weighted by Crippen LogP contribution is -2.40. The molecule has 0 radical (unpaired) electrons. The van der Waals surface area contributed by atoms with Crippen molar-refractivity contribution in [2.45, 2.75) is 19.9 Å². The van der Waals surface area contributed by atoms with E-state index in [9.17, 15) is 9.59 Å². The number of methoxy groups -OCH3 is 1. The van der Waals surface area contributed by atoms with Crippen molar-refractivity contribution in [3.63, 3.8) is 0 Å². The van der Waals surface area contributed by atoms with Crippen LogP contribution in [0, 0.1) is 0 Å². The van der Waals surface area contributed by atoms with Crippen molar-refractivity contribution in [3.8, 4) is 5.75 Å². The topological polar surface area (TPSA) is 76.7 Å². The molecule has 0 aliphatic heterocycles. The van der Waals surface area contributed by atoms with E-state index in [4.69, 9.17) is 9.47 Å². The summed E-state index contributed by atoms with van der Waals surface area (Å²) in [6.45, 7) is 3.74. The van der Waals surface area contributed by atoms with Crippen LogP contribution in [0.2, 0.25) is 0 Å². The Morgan fingerprint density at radius 3 is 2.45 bits per heavy atom. The standard InChI is InChI=1S/C14H20N2O4/c1-4-20-14(18)10(2)15-9-13(17)16-11-5-7-12(19-3)8-6-11/h5-8,10,15H,4,9H2,1-3H3,(H,16,17). The van der Waals surface area contributed by atoms with Crippen molar-refractivity contribution >= 4 is 17.6 Å². The maximum absolute atomic E-state index is 11.7. The van der Waals surface area contributed by atoms with Crippen molar-refractivity contribution in [2.24, 2.45) is 0 Å². The maximum atomic E-state index is 11.7. The predicted molar refractivity (Wildman–Crippen MR) is 75.7 cm³/mol. The summed E-state index contributed by atoms with van der Waals surface area (Å²) in [5, 5.41) is 5.51. The van der Waals surface area contributed by atoms with E-state index in [0.29, 0.717) is 12.3 Å². The normalized spacial score (nSPS) is 11.6. The number of carbonyl (C=O) groups excluding carboxylic acids is 2. The smallest absolute Gasteiger partial charge is 0.322 e. The average Bonchev–Trinajstić information content (AvgIpc) is 2.45. The van der Waals surface area contributed by atoms with E-state index in [-0.39, 0.29) is 18.4 Å². The molecule has 1 amide bonds. The van der Waals surface area contributed by atoms with Crippen LogP contribution in [0.1, 0.15) is 13.8 Å². The number of anilines is 1. The number of nitrogens with one attached hydrogen (secondary N) is 2. The van der Waals surface area contributed by atoms with Crippen molar-refractivity contribution in [1.82, 2.24) is 5.32 Å². The van der Waals surface area contributed by atoms with Crippen LogP contribution < -0.4 is 15.4 Å². The third kappa shape index (κ3) is 5.27. The molecule has 1 aromatic rings. The molecule has 6 nitrogen and oxygen atoms in total. The highest BCUT2D eigenvalue weighted by Gasteiger charge is 2.14. The van der Waals surface area contributed by atoms with Gasteiger partial charge in [0.15, 0.2) is 0 Å². The highest BCUT2D eigenvalue weighted by Crippen LogP contribution is 2.14. The number of esters is 1. The Balaban J connectivity index is 2.37. The van der Waals surface area contributed by atoms with Gasteiger partial charge in [-0.2, -0.15) is 0 Å². The summed E-state index contributed by atoms with van der Waals surface area (Å²) in [5.74, 6) is 0.119. The Bertz CT molecular complexity index is 445. The zero-order valence-electron chi connectivity index (χ0n) is 11.9. The molecule has 110 valence electrons. The average molecular weight is 280 g/mol. The van der Waals surface area contributed by atoms with Gasteiger partial charge < -0.3 is 14.8 Å². The highest BCUT2D eigenvalue weighted by atomic mass is 16.5. The molecule has 0 aliphatic rings. The summed E-state index contributed by atoms with van der Waals surface area (Å²) in [7, 11) is 1.58. The molecule has 1 rings (SSSR count). The van der Waals surface area contributed by atoms with Gasteiger partial charge in [0, 0.05) is 5.69 Å². The third-order valence-corrected chi connectivity index (χ3v) is 2.58. The minimum Gasteiger partial charge on any atom is -0.497 e. The second-order valence-corrected chi connectivity index (χ2v) is 4.13. The molecule has 1 unspecified atom stereocenters. The molecule has 0 spiro atoms. The van der Waals surface area contributed by atoms with Crippen molar-refractivity contribution < 1.29 is 19.1 Å². The molecule has 0 saturated carbocycles. The first-order valence-electron chi connectivity index (χ1n) is 6.40. The van der Waals surface area contributed by atoms with Gasteiger partial charge >= 0.3 is 5.97 Å². The fraction of sp³-hybridized carbons (Fsp3) is 0.429. The lowest BCUT2D eigenvalue weighted by atomic mass is 10.3. The maximum Gasteiger partial charge on any atom is 0.322 e. The first kappa shape index (κ1) is 16.0. The zero-order valence-corrected chi connectivity index (χ0v) is 11.9. The van der Waals surface area contributed by atoms with Gasteiger partial charge in [-0.1, -0.05) is 0 Å². The third-order valence-electron chi connectivity index (χ3n) is 2.58. The van der Waals surface area contributed by atoms with Crippen LogP contribution in [-0.2, 0) is 14.3 Å². The number of hydrogen-bond donors (Lipinski definition) is 2. The number of hydrogen-bond acceptors (Lipinski definition) is 5. The summed E-state index contributed by atoms with van der Waals surface area (Å²) >= 11 is 0. The summed E-state index contributed by atoms with van der Waals surface area (Å²) in [6, 6.07) is 6.47. The van der Waals surface area contributed by atoms with E-state index in [0.717, 1.165) is 5.75 Å². The van der Waals surface area contributed by atoms with E-state index in [1.165, 1.54) is 0 Å². The monoisotopic (exact) mass is 280 g/mol. The molecule has 0 aliphatic carbocycles. The van der Waals surface area contributed by atoms with Crippen LogP contribution >= 0.6 is 0 Å². The second kappa shape index (κ2) is 8.16. The molecule has 0 aromatic heterocycles. The van der Waals surface area contributed by atoms with Gasteiger partial charge in [0.2, 0.25) is 5.91 Å². The lowest BCUT2D eigenvalue weighted by molar-refractivity contribution is -0.145. The molecule has 0 saturated heterocycles. The van der Waals surface area contributed by atoms with E-state index in [1.807, 2.05) is 0 Å². The fourth-order valence-corrected chi connectivity index (χ4v) is 1.48. The first-order valence-corrected chi connectivity index (χ1v) is 6.40. The zero-order chi connectivity index (χ0) is 15.0. The summed E-state index contributed by atoms with van der Waals surface area (Å²) in [6.07, 6.45) is 0. The number of carbonyl (C=O) groups is 2. The second-order valence-electron chi connectivity index (χ2n) is 4.13. The molecule has 20 heavy (non-hydrogen) atoms. The van der Waals surface area contributed by atoms with Crippen molar-refractivity contribution in [3.05, 3.63) is 24.3 Å². The Morgan fingerprint density at radius 1 is 1.25 bits per heavy atom. The molecular formula is C14H20N2O4. The van der Waals surface area contributed by atoms with Gasteiger partial charge in [0.05, 0.1) is 20.3 Å². The van der Waals surface area contributed by atoms with Crippen molar-refractivity contribution in [2.75, 3.05) is 25.6 Å². The largest absolute Gasteiger partial charge is 0.497 e. The fourth-order valence-electron chi connectivity index (χ4n) is 1.48. The number of amides is 1. The van der Waals surface area contributed by atoms with Gasteiger partial charge in [-0.3, -0.25) is 14.9 Å². The van der Waals surface area contributed by atoms with Crippen LogP contribution in [0.5, 0.6) is 5.75 Å². The minimum atomic E-state index is -0.517. The SMILES string of the molecule is CCOC(=O)C(C)NCC(=O)Nc1ccc(OC)cc1. The van der Waals surface area contributed by atoms with Gasteiger partial charge in [0.1, 0.15) is 11.8 Å². The van der Waals surface area contributed by atoms with E-state index in [2.05, 4.69) is 10.6 Å². The molecule has 0 fully saturated rings. The molecule has 0 bridgehead atoms. The number of ether oxygens (including phenoxy) is 2. The Labute approximate surface area is 118 Å². The summed E-state index contributed by atoms with van der Waals surface area (Å²) in [4.78, 5) is 23.0. The minimum absolute atomic E-state index is 0.0337. The Hall–Kier alpha value is -2.08. The van der Waals surface area contributed by atoms with Crippen molar-refractivity contribution in [1.29, 1.82) is 0 Å².